The Morgan fingerprint density at radius 3 is 2.31 bits per heavy atom. The molecule has 3 aromatic carbocycles. The van der Waals surface area contributed by atoms with Gasteiger partial charge in [-0.3, -0.25) is 0 Å². The molecule has 26 heavy (non-hydrogen) atoms. The highest BCUT2D eigenvalue weighted by Crippen LogP contribution is 2.16. The standard InChI is InChI=1S/C23H25NO2/c1-18-7-5-6-10-21(18)17-26-22-13-11-19(12-14-22)15-24-16-23(25)20-8-3-2-4-9-20/h2-14,23-25H,15-17H2,1H3/t23-/m1/s1. The monoisotopic (exact) mass is 347 g/mol. The van der Waals surface area contributed by atoms with Gasteiger partial charge in [0, 0.05) is 13.1 Å². The predicted molar refractivity (Wildman–Crippen MR) is 105 cm³/mol. The molecule has 0 heterocycles. The van der Waals surface area contributed by atoms with Gasteiger partial charge in [-0.25, -0.2) is 0 Å². The van der Waals surface area contributed by atoms with Crippen LogP contribution in [0.25, 0.3) is 0 Å². The molecule has 3 heteroatoms. The van der Waals surface area contributed by atoms with Crippen LogP contribution in [0.2, 0.25) is 0 Å². The van der Waals surface area contributed by atoms with Gasteiger partial charge in [-0.2, -0.15) is 0 Å². The quantitative estimate of drug-likeness (QED) is 0.635. The van der Waals surface area contributed by atoms with Crippen molar-refractivity contribution in [2.24, 2.45) is 0 Å². The van der Waals surface area contributed by atoms with Crippen LogP contribution in [0.4, 0.5) is 0 Å². The average molecular weight is 347 g/mol. The van der Waals surface area contributed by atoms with E-state index in [0.717, 1.165) is 16.9 Å². The highest BCUT2D eigenvalue weighted by molar-refractivity contribution is 5.29. The van der Waals surface area contributed by atoms with Crippen molar-refractivity contribution in [2.45, 2.75) is 26.2 Å². The van der Waals surface area contributed by atoms with Gasteiger partial charge in [-0.05, 0) is 41.3 Å². The van der Waals surface area contributed by atoms with E-state index < -0.39 is 6.10 Å². The molecule has 3 rings (SSSR count). The first-order valence-electron chi connectivity index (χ1n) is 8.92. The molecule has 3 aromatic rings. The molecule has 0 bridgehead atoms. The number of benzene rings is 3. The molecule has 0 radical (unpaired) electrons. The van der Waals surface area contributed by atoms with E-state index in [1.54, 1.807) is 0 Å². The van der Waals surface area contributed by atoms with Crippen LogP contribution >= 0.6 is 0 Å². The molecule has 0 saturated heterocycles. The van der Waals surface area contributed by atoms with E-state index in [0.29, 0.717) is 19.7 Å². The third-order valence-electron chi connectivity index (χ3n) is 4.43. The van der Waals surface area contributed by atoms with Crippen LogP contribution in [0, 0.1) is 6.92 Å². The summed E-state index contributed by atoms with van der Waals surface area (Å²) in [4.78, 5) is 0. The second-order valence-electron chi connectivity index (χ2n) is 6.42. The van der Waals surface area contributed by atoms with Crippen molar-refractivity contribution < 1.29 is 9.84 Å². The number of nitrogens with one attached hydrogen (secondary N) is 1. The second-order valence-corrected chi connectivity index (χ2v) is 6.42. The Balaban J connectivity index is 1.45. The summed E-state index contributed by atoms with van der Waals surface area (Å²) in [5.74, 6) is 0.862. The van der Waals surface area contributed by atoms with Crippen LogP contribution in [0.1, 0.15) is 28.4 Å². The molecule has 0 fully saturated rings. The largest absolute Gasteiger partial charge is 0.489 e. The summed E-state index contributed by atoms with van der Waals surface area (Å²) in [6.45, 7) is 3.91. The van der Waals surface area contributed by atoms with E-state index in [1.165, 1.54) is 11.1 Å². The van der Waals surface area contributed by atoms with Gasteiger partial charge in [0.1, 0.15) is 12.4 Å². The zero-order chi connectivity index (χ0) is 18.2. The summed E-state index contributed by atoms with van der Waals surface area (Å²) in [5.41, 5.74) is 4.53. The molecule has 0 aliphatic carbocycles. The van der Waals surface area contributed by atoms with Gasteiger partial charge in [0.15, 0.2) is 0 Å². The molecule has 134 valence electrons. The van der Waals surface area contributed by atoms with Crippen molar-refractivity contribution in [3.63, 3.8) is 0 Å². The minimum atomic E-state index is -0.493. The summed E-state index contributed by atoms with van der Waals surface area (Å²) in [7, 11) is 0. The Bertz CT molecular complexity index is 800. The molecule has 0 saturated carbocycles. The van der Waals surface area contributed by atoms with Gasteiger partial charge in [0.05, 0.1) is 6.10 Å². The molecule has 0 amide bonds. The maximum absolute atomic E-state index is 10.2. The number of aliphatic hydroxyl groups excluding tert-OH is 1. The van der Waals surface area contributed by atoms with Crippen molar-refractivity contribution in [1.29, 1.82) is 0 Å². The summed E-state index contributed by atoms with van der Waals surface area (Å²) in [5, 5.41) is 13.5. The van der Waals surface area contributed by atoms with Gasteiger partial charge in [0.25, 0.3) is 0 Å². The van der Waals surface area contributed by atoms with E-state index in [9.17, 15) is 5.11 Å². The first-order valence-corrected chi connectivity index (χ1v) is 8.92. The zero-order valence-corrected chi connectivity index (χ0v) is 15.1. The highest BCUT2D eigenvalue weighted by Gasteiger charge is 2.06. The van der Waals surface area contributed by atoms with Crippen LogP contribution in [-0.2, 0) is 13.2 Å². The molecule has 2 N–H and O–H groups in total. The number of aryl methyl sites for hydroxylation is 1. The Morgan fingerprint density at radius 1 is 0.885 bits per heavy atom. The van der Waals surface area contributed by atoms with Gasteiger partial charge in [0.2, 0.25) is 0 Å². The van der Waals surface area contributed by atoms with E-state index in [-0.39, 0.29) is 0 Å². The van der Waals surface area contributed by atoms with E-state index in [2.05, 4.69) is 36.5 Å². The Kier molecular flexibility index (Phi) is 6.42. The first kappa shape index (κ1) is 18.2. The lowest BCUT2D eigenvalue weighted by Crippen LogP contribution is -2.20. The maximum Gasteiger partial charge on any atom is 0.119 e. The lowest BCUT2D eigenvalue weighted by molar-refractivity contribution is 0.174. The lowest BCUT2D eigenvalue weighted by Gasteiger charge is -2.13. The topological polar surface area (TPSA) is 41.5 Å². The van der Waals surface area contributed by atoms with Crippen molar-refractivity contribution in [3.05, 3.63) is 101 Å². The van der Waals surface area contributed by atoms with Crippen LogP contribution < -0.4 is 10.1 Å². The summed E-state index contributed by atoms with van der Waals surface area (Å²) in [6.07, 6.45) is -0.493. The molecule has 3 nitrogen and oxygen atoms in total. The van der Waals surface area contributed by atoms with E-state index in [1.807, 2.05) is 54.6 Å². The smallest absolute Gasteiger partial charge is 0.119 e. The van der Waals surface area contributed by atoms with Crippen molar-refractivity contribution >= 4 is 0 Å². The molecule has 0 aliphatic heterocycles. The van der Waals surface area contributed by atoms with Crippen LogP contribution in [0.5, 0.6) is 5.75 Å². The molecule has 0 unspecified atom stereocenters. The van der Waals surface area contributed by atoms with Gasteiger partial charge < -0.3 is 15.2 Å². The summed E-state index contributed by atoms with van der Waals surface area (Å²) >= 11 is 0. The number of hydrogen-bond acceptors (Lipinski definition) is 3. The second kappa shape index (κ2) is 9.18. The summed E-state index contributed by atoms with van der Waals surface area (Å²) < 4.78 is 5.87. The fourth-order valence-electron chi connectivity index (χ4n) is 2.78. The number of hydrogen-bond donors (Lipinski definition) is 2. The van der Waals surface area contributed by atoms with Crippen molar-refractivity contribution in [2.75, 3.05) is 6.54 Å². The number of ether oxygens (including phenoxy) is 1. The number of rotatable bonds is 8. The van der Waals surface area contributed by atoms with Crippen molar-refractivity contribution in [3.8, 4) is 5.75 Å². The minimum absolute atomic E-state index is 0.493. The number of aliphatic hydroxyl groups is 1. The molecule has 0 aromatic heterocycles. The van der Waals surface area contributed by atoms with Crippen LogP contribution in [0.15, 0.2) is 78.9 Å². The Morgan fingerprint density at radius 2 is 1.58 bits per heavy atom. The normalized spacial score (nSPS) is 11.9. The summed E-state index contributed by atoms with van der Waals surface area (Å²) in [6, 6.07) is 26.0. The molecular formula is C23H25NO2. The molecule has 0 spiro atoms. The molecular weight excluding hydrogens is 322 g/mol. The third-order valence-corrected chi connectivity index (χ3v) is 4.43. The maximum atomic E-state index is 10.2. The lowest BCUT2D eigenvalue weighted by atomic mass is 10.1. The SMILES string of the molecule is Cc1ccccc1COc1ccc(CNC[C@@H](O)c2ccccc2)cc1. The first-order chi connectivity index (χ1) is 12.7. The Hall–Kier alpha value is -2.62. The van der Waals surface area contributed by atoms with Gasteiger partial charge in [-0.1, -0.05) is 66.7 Å². The van der Waals surface area contributed by atoms with Crippen molar-refractivity contribution in [1.82, 2.24) is 5.32 Å². The van der Waals surface area contributed by atoms with E-state index in [4.69, 9.17) is 4.74 Å². The molecule has 0 aliphatic rings. The average Bonchev–Trinajstić information content (AvgIpc) is 2.69. The fourth-order valence-corrected chi connectivity index (χ4v) is 2.78. The van der Waals surface area contributed by atoms with Gasteiger partial charge >= 0.3 is 0 Å². The zero-order valence-electron chi connectivity index (χ0n) is 15.1. The van der Waals surface area contributed by atoms with E-state index >= 15 is 0 Å². The highest BCUT2D eigenvalue weighted by atomic mass is 16.5. The minimum Gasteiger partial charge on any atom is -0.489 e. The van der Waals surface area contributed by atoms with Crippen LogP contribution in [-0.4, -0.2) is 11.7 Å². The predicted octanol–water partition coefficient (Wildman–Crippen LogP) is 4.40. The fraction of sp³-hybridized carbons (Fsp3) is 0.217. The Labute approximate surface area is 155 Å². The van der Waals surface area contributed by atoms with Crippen LogP contribution in [0.3, 0.4) is 0 Å². The third kappa shape index (κ3) is 5.19. The molecule has 1 atom stereocenters. The van der Waals surface area contributed by atoms with Gasteiger partial charge in [-0.15, -0.1) is 0 Å².